The second kappa shape index (κ2) is 8.92. The molecule has 1 aromatic heterocycles. The van der Waals surface area contributed by atoms with Gasteiger partial charge in [0.05, 0.1) is 12.8 Å². The fourth-order valence-electron chi connectivity index (χ4n) is 3.08. The van der Waals surface area contributed by atoms with E-state index >= 15 is 0 Å². The Balaban J connectivity index is 1.66. The molecule has 150 valence electrons. The van der Waals surface area contributed by atoms with E-state index < -0.39 is 0 Å². The summed E-state index contributed by atoms with van der Waals surface area (Å²) in [6.07, 6.45) is 1.62. The molecule has 0 saturated carbocycles. The molecule has 3 rings (SSSR count). The maximum atomic E-state index is 12.9. The van der Waals surface area contributed by atoms with Gasteiger partial charge in [0.2, 0.25) is 0 Å². The maximum Gasteiger partial charge on any atom is 0.259 e. The fourth-order valence-corrected chi connectivity index (χ4v) is 3.24. The molecular weight excluding hydrogens is 391 g/mol. The highest BCUT2D eigenvalue weighted by molar-refractivity contribution is 6.30. The van der Waals surface area contributed by atoms with Crippen LogP contribution in [0.2, 0.25) is 5.02 Å². The molecule has 2 aromatic carbocycles. The van der Waals surface area contributed by atoms with Crippen molar-refractivity contribution in [3.05, 3.63) is 81.9 Å². The lowest BCUT2D eigenvalue weighted by atomic mass is 10.2. The highest BCUT2D eigenvalue weighted by atomic mass is 35.5. The number of hydrazone groups is 1. The summed E-state index contributed by atoms with van der Waals surface area (Å²) in [7, 11) is 0. The zero-order valence-electron chi connectivity index (χ0n) is 16.5. The van der Waals surface area contributed by atoms with Crippen molar-refractivity contribution in [1.29, 1.82) is 0 Å². The first kappa shape index (κ1) is 20.6. The molecular formula is C22H22ClFN4O. The van der Waals surface area contributed by atoms with Gasteiger partial charge in [0.25, 0.3) is 5.91 Å². The number of carbonyl (C=O) groups is 1. The van der Waals surface area contributed by atoms with Crippen molar-refractivity contribution in [1.82, 2.24) is 9.99 Å². The van der Waals surface area contributed by atoms with Crippen molar-refractivity contribution in [3.8, 4) is 5.69 Å². The van der Waals surface area contributed by atoms with Crippen LogP contribution in [0.3, 0.4) is 0 Å². The van der Waals surface area contributed by atoms with Gasteiger partial charge in [0.15, 0.2) is 0 Å². The van der Waals surface area contributed by atoms with Gasteiger partial charge in [-0.2, -0.15) is 5.10 Å². The monoisotopic (exact) mass is 412 g/mol. The van der Waals surface area contributed by atoms with Crippen molar-refractivity contribution >= 4 is 29.4 Å². The van der Waals surface area contributed by atoms with Crippen LogP contribution in [0.1, 0.15) is 22.5 Å². The molecule has 3 aromatic rings. The number of carbonyl (C=O) groups excluding carboxylic acids is 1. The fraction of sp³-hybridized carbons (Fsp3) is 0.182. The van der Waals surface area contributed by atoms with Crippen LogP contribution >= 0.6 is 11.6 Å². The topological polar surface area (TPSA) is 58.4 Å². The minimum atomic E-state index is -0.324. The van der Waals surface area contributed by atoms with E-state index in [2.05, 4.69) is 20.4 Å². The third-order valence-electron chi connectivity index (χ3n) is 4.57. The number of hydrogen-bond acceptors (Lipinski definition) is 3. The first-order chi connectivity index (χ1) is 13.8. The van der Waals surface area contributed by atoms with Gasteiger partial charge in [0.1, 0.15) is 5.82 Å². The number of rotatable bonds is 6. The van der Waals surface area contributed by atoms with Crippen LogP contribution in [0.5, 0.6) is 0 Å². The third-order valence-corrected chi connectivity index (χ3v) is 4.81. The Hall–Kier alpha value is -3.12. The third kappa shape index (κ3) is 5.03. The van der Waals surface area contributed by atoms with Gasteiger partial charge in [-0.1, -0.05) is 17.7 Å². The number of halogens is 2. The molecule has 0 spiro atoms. The highest BCUT2D eigenvalue weighted by Crippen LogP contribution is 2.25. The van der Waals surface area contributed by atoms with Crippen molar-refractivity contribution < 1.29 is 9.18 Å². The molecule has 0 aliphatic rings. The summed E-state index contributed by atoms with van der Waals surface area (Å²) in [5, 5.41) is 7.64. The number of nitrogens with zero attached hydrogens (tertiary/aromatic N) is 2. The van der Waals surface area contributed by atoms with Gasteiger partial charge < -0.3 is 9.88 Å². The molecule has 0 fully saturated rings. The van der Waals surface area contributed by atoms with Crippen molar-refractivity contribution in [3.63, 3.8) is 0 Å². The molecule has 0 unspecified atom stereocenters. The molecule has 1 heterocycles. The number of anilines is 1. The Kier molecular flexibility index (Phi) is 6.34. The predicted molar refractivity (Wildman–Crippen MR) is 116 cm³/mol. The molecule has 0 atom stereocenters. The summed E-state index contributed by atoms with van der Waals surface area (Å²) in [6, 6.07) is 13.6. The van der Waals surface area contributed by atoms with Gasteiger partial charge in [-0.25, -0.2) is 9.82 Å². The molecule has 0 radical (unpaired) electrons. The van der Waals surface area contributed by atoms with Crippen LogP contribution in [0.15, 0.2) is 53.6 Å². The SMILES string of the molecule is Cc1ccc(Cl)cc1-n1c(C)cc(/C=N\NC(=O)CNc2ccc(F)cc2)c1C. The second-order valence-corrected chi connectivity index (χ2v) is 7.18. The predicted octanol–water partition coefficient (Wildman–Crippen LogP) is 4.76. The van der Waals surface area contributed by atoms with Gasteiger partial charge in [0, 0.05) is 33.3 Å². The molecule has 29 heavy (non-hydrogen) atoms. The van der Waals surface area contributed by atoms with E-state index in [1.165, 1.54) is 12.1 Å². The van der Waals surface area contributed by atoms with Gasteiger partial charge >= 0.3 is 0 Å². The minimum Gasteiger partial charge on any atom is -0.376 e. The van der Waals surface area contributed by atoms with E-state index in [-0.39, 0.29) is 18.3 Å². The first-order valence-electron chi connectivity index (χ1n) is 9.12. The molecule has 0 saturated heterocycles. The summed E-state index contributed by atoms with van der Waals surface area (Å²) >= 11 is 6.17. The Morgan fingerprint density at radius 3 is 2.59 bits per heavy atom. The first-order valence-corrected chi connectivity index (χ1v) is 9.50. The number of amides is 1. The summed E-state index contributed by atoms with van der Waals surface area (Å²) in [4.78, 5) is 12.0. The Morgan fingerprint density at radius 1 is 1.14 bits per heavy atom. The van der Waals surface area contributed by atoms with Crippen LogP contribution in [-0.4, -0.2) is 23.2 Å². The lowest BCUT2D eigenvalue weighted by Crippen LogP contribution is -2.25. The van der Waals surface area contributed by atoms with Crippen molar-refractivity contribution in [2.45, 2.75) is 20.8 Å². The maximum absolute atomic E-state index is 12.9. The Bertz CT molecular complexity index is 1060. The van der Waals surface area contributed by atoms with Crippen molar-refractivity contribution in [2.75, 3.05) is 11.9 Å². The zero-order chi connectivity index (χ0) is 21.0. The van der Waals surface area contributed by atoms with Crippen LogP contribution in [0, 0.1) is 26.6 Å². The van der Waals surface area contributed by atoms with E-state index in [1.807, 2.05) is 45.0 Å². The van der Waals surface area contributed by atoms with Crippen molar-refractivity contribution in [2.24, 2.45) is 5.10 Å². The van der Waals surface area contributed by atoms with Crippen LogP contribution in [0.25, 0.3) is 5.69 Å². The molecule has 0 bridgehead atoms. The Morgan fingerprint density at radius 2 is 1.86 bits per heavy atom. The molecule has 2 N–H and O–H groups in total. The van der Waals surface area contributed by atoms with Crippen LogP contribution in [0.4, 0.5) is 10.1 Å². The zero-order valence-corrected chi connectivity index (χ0v) is 17.2. The van der Waals surface area contributed by atoms with E-state index in [0.717, 1.165) is 28.2 Å². The van der Waals surface area contributed by atoms with E-state index in [4.69, 9.17) is 11.6 Å². The molecule has 0 aliphatic carbocycles. The largest absolute Gasteiger partial charge is 0.376 e. The molecule has 1 amide bonds. The average Bonchev–Trinajstić information content (AvgIpc) is 2.97. The summed E-state index contributed by atoms with van der Waals surface area (Å²) < 4.78 is 15.0. The molecule has 0 aliphatic heterocycles. The average molecular weight is 413 g/mol. The van der Waals surface area contributed by atoms with Crippen LogP contribution in [-0.2, 0) is 4.79 Å². The van der Waals surface area contributed by atoms with Gasteiger partial charge in [-0.15, -0.1) is 0 Å². The number of aryl methyl sites for hydroxylation is 2. The second-order valence-electron chi connectivity index (χ2n) is 6.75. The highest BCUT2D eigenvalue weighted by Gasteiger charge is 2.12. The van der Waals surface area contributed by atoms with E-state index in [1.54, 1.807) is 18.3 Å². The number of aromatic nitrogens is 1. The smallest absolute Gasteiger partial charge is 0.259 e. The summed E-state index contributed by atoms with van der Waals surface area (Å²) in [5.41, 5.74) is 8.21. The minimum absolute atomic E-state index is 0.0315. The molecule has 5 nitrogen and oxygen atoms in total. The summed E-state index contributed by atoms with van der Waals surface area (Å²) in [6.45, 7) is 6.07. The number of nitrogens with one attached hydrogen (secondary N) is 2. The van der Waals surface area contributed by atoms with E-state index in [0.29, 0.717) is 10.7 Å². The van der Waals surface area contributed by atoms with Gasteiger partial charge in [-0.05, 0) is 68.8 Å². The number of benzene rings is 2. The quantitative estimate of drug-likeness (QED) is 0.453. The van der Waals surface area contributed by atoms with E-state index in [9.17, 15) is 9.18 Å². The van der Waals surface area contributed by atoms with Gasteiger partial charge in [-0.3, -0.25) is 4.79 Å². The standard InChI is InChI=1S/C22H22ClFN4O/c1-14-4-5-18(23)11-21(14)28-15(2)10-17(16(28)3)12-26-27-22(29)13-25-20-8-6-19(24)7-9-20/h4-12,25H,13H2,1-3H3,(H,27,29)/b26-12-. The molecule has 7 heteroatoms. The normalized spacial score (nSPS) is 11.1. The number of hydrogen-bond donors (Lipinski definition) is 2. The van der Waals surface area contributed by atoms with Crippen LogP contribution < -0.4 is 10.7 Å². The Labute approximate surface area is 174 Å². The lowest BCUT2D eigenvalue weighted by Gasteiger charge is -2.13. The summed E-state index contributed by atoms with van der Waals surface area (Å²) in [5.74, 6) is -0.625. The lowest BCUT2D eigenvalue weighted by molar-refractivity contribution is -0.119.